The van der Waals surface area contributed by atoms with Crippen LogP contribution in [0.2, 0.25) is 0 Å². The smallest absolute Gasteiger partial charge is 0.383 e. The summed E-state index contributed by atoms with van der Waals surface area (Å²) in [6, 6.07) is 11.5. The molecule has 0 spiro atoms. The molecule has 2 aromatic carbocycles. The molecule has 0 atom stereocenters. The Labute approximate surface area is 248 Å². The number of benzene rings is 2. The van der Waals surface area contributed by atoms with E-state index in [4.69, 9.17) is 5.73 Å². The van der Waals surface area contributed by atoms with Gasteiger partial charge in [0.2, 0.25) is 12.3 Å². The molecule has 1 fully saturated rings. The molecule has 3 amide bonds. The lowest BCUT2D eigenvalue weighted by Gasteiger charge is -2.42. The molecule has 0 saturated carbocycles. The third kappa shape index (κ3) is 6.26. The number of amides is 3. The molecule has 5 rings (SSSR count). The summed E-state index contributed by atoms with van der Waals surface area (Å²) in [6.07, 6.45) is -0.398. The van der Waals surface area contributed by atoms with E-state index >= 15 is 0 Å². The first kappa shape index (κ1) is 30.3. The predicted molar refractivity (Wildman–Crippen MR) is 155 cm³/mol. The molecule has 1 aliphatic rings. The van der Waals surface area contributed by atoms with E-state index in [9.17, 15) is 32.3 Å². The van der Waals surface area contributed by atoms with Crippen molar-refractivity contribution in [1.29, 1.82) is 0 Å². The van der Waals surface area contributed by atoms with Gasteiger partial charge in [-0.25, -0.2) is 4.79 Å². The zero-order chi connectivity index (χ0) is 31.6. The van der Waals surface area contributed by atoms with Gasteiger partial charge in [-0.05, 0) is 54.7 Å². The van der Waals surface area contributed by atoms with E-state index < -0.39 is 36.3 Å². The molecule has 3 heterocycles. The predicted octanol–water partition coefficient (Wildman–Crippen LogP) is 2.53. The lowest BCUT2D eigenvalue weighted by atomic mass is 9.72. The Balaban J connectivity index is 1.49. The highest BCUT2D eigenvalue weighted by atomic mass is 19.4. The van der Waals surface area contributed by atoms with Gasteiger partial charge in [0.15, 0.2) is 0 Å². The number of piperidine rings is 1. The summed E-state index contributed by atoms with van der Waals surface area (Å²) >= 11 is 0. The first-order valence-electron chi connectivity index (χ1n) is 13.7. The van der Waals surface area contributed by atoms with Crippen molar-refractivity contribution in [3.63, 3.8) is 0 Å². The number of H-pyrrole nitrogens is 1. The van der Waals surface area contributed by atoms with Gasteiger partial charge in [0.05, 0.1) is 17.4 Å². The SMILES string of the molecule is CC1(c2c(N(C=O)CC(=O)NCC(F)(F)F)cccc2-n2ccc(N)nc2=O)CCN(C(=O)c2ccc3[nH]ncc3c2)CC1. The van der Waals surface area contributed by atoms with E-state index in [-0.39, 0.29) is 17.4 Å². The summed E-state index contributed by atoms with van der Waals surface area (Å²) in [6.45, 7) is 0.329. The number of nitrogen functional groups attached to an aromatic ring is 1. The molecule has 15 heteroatoms. The first-order chi connectivity index (χ1) is 20.9. The van der Waals surface area contributed by atoms with Crippen LogP contribution < -0.4 is 21.6 Å². The molecule has 0 unspecified atom stereocenters. The van der Waals surface area contributed by atoms with Gasteiger partial charge in [0.25, 0.3) is 5.91 Å². The highest BCUT2D eigenvalue weighted by molar-refractivity contribution is 5.98. The maximum absolute atomic E-state index is 13.4. The van der Waals surface area contributed by atoms with Crippen LogP contribution in [0.3, 0.4) is 0 Å². The van der Waals surface area contributed by atoms with Gasteiger partial charge in [-0.2, -0.15) is 23.3 Å². The third-order valence-corrected chi connectivity index (χ3v) is 7.79. The van der Waals surface area contributed by atoms with Gasteiger partial charge in [0.1, 0.15) is 18.9 Å². The van der Waals surface area contributed by atoms with E-state index in [0.717, 1.165) is 15.8 Å². The number of hydrogen-bond donors (Lipinski definition) is 3. The van der Waals surface area contributed by atoms with Crippen LogP contribution in [-0.4, -0.2) is 75.2 Å². The number of aromatic nitrogens is 4. The number of alkyl halides is 3. The normalized spacial score (nSPS) is 14.8. The number of nitrogens with zero attached hydrogens (tertiary/aromatic N) is 5. The molecule has 4 N–H and O–H groups in total. The van der Waals surface area contributed by atoms with Crippen molar-refractivity contribution >= 4 is 40.6 Å². The summed E-state index contributed by atoms with van der Waals surface area (Å²) in [7, 11) is 0. The summed E-state index contributed by atoms with van der Waals surface area (Å²) in [5.41, 5.74) is 6.65. The molecule has 1 aliphatic heterocycles. The number of nitrogens with two attached hydrogens (primary N) is 1. The topological polar surface area (TPSA) is 159 Å². The minimum absolute atomic E-state index is 0.00597. The standard InChI is InChI=1S/C29H29F3N8O4/c1-28(8-11-38(12-9-28)26(43)18-5-6-20-19(13-18)14-35-37-20)25-21(39(17-41)15-24(42)34-16-29(30,31)32)3-2-4-22(25)40-10-7-23(33)36-27(40)44/h2-7,10,13-14,17H,8-9,11-12,15-16H2,1H3,(H,34,42)(H,35,37)(H2,33,36,44). The average Bonchev–Trinajstić information content (AvgIpc) is 3.46. The summed E-state index contributed by atoms with van der Waals surface area (Å²) in [5.74, 6) is -1.18. The van der Waals surface area contributed by atoms with Crippen LogP contribution in [0, 0.1) is 0 Å². The molecule has 0 radical (unpaired) electrons. The fraction of sp³-hybridized carbons (Fsp3) is 0.310. The van der Waals surface area contributed by atoms with Gasteiger partial charge < -0.3 is 20.9 Å². The van der Waals surface area contributed by atoms with Crippen molar-refractivity contribution in [2.45, 2.75) is 31.4 Å². The van der Waals surface area contributed by atoms with Crippen LogP contribution in [0.5, 0.6) is 0 Å². The first-order valence-corrected chi connectivity index (χ1v) is 13.7. The zero-order valence-corrected chi connectivity index (χ0v) is 23.6. The van der Waals surface area contributed by atoms with Crippen LogP contribution in [-0.2, 0) is 15.0 Å². The number of likely N-dealkylation sites (tertiary alicyclic amines) is 1. The Kier molecular flexibility index (Phi) is 8.13. The quantitative estimate of drug-likeness (QED) is 0.259. The molecule has 2 aromatic heterocycles. The number of rotatable bonds is 8. The number of aromatic amines is 1. The molecular formula is C29H29F3N8O4. The number of carbonyl (C=O) groups is 3. The lowest BCUT2D eigenvalue weighted by molar-refractivity contribution is -0.137. The van der Waals surface area contributed by atoms with Crippen molar-refractivity contribution in [2.24, 2.45) is 0 Å². The summed E-state index contributed by atoms with van der Waals surface area (Å²) < 4.78 is 39.3. The Hall–Kier alpha value is -5.21. The number of halogens is 3. The largest absolute Gasteiger partial charge is 0.405 e. The van der Waals surface area contributed by atoms with Crippen LogP contribution >= 0.6 is 0 Å². The highest BCUT2D eigenvalue weighted by Gasteiger charge is 2.39. The molecule has 0 bridgehead atoms. The number of nitrogens with one attached hydrogen (secondary N) is 2. The Morgan fingerprint density at radius 3 is 2.61 bits per heavy atom. The van der Waals surface area contributed by atoms with Crippen LogP contribution in [0.1, 0.15) is 35.7 Å². The minimum atomic E-state index is -4.63. The van der Waals surface area contributed by atoms with Gasteiger partial charge in [-0.3, -0.25) is 24.0 Å². The van der Waals surface area contributed by atoms with Gasteiger partial charge >= 0.3 is 11.9 Å². The molecule has 12 nitrogen and oxygen atoms in total. The van der Waals surface area contributed by atoms with Crippen molar-refractivity contribution in [1.82, 2.24) is 30.0 Å². The van der Waals surface area contributed by atoms with Gasteiger partial charge in [-0.1, -0.05) is 13.0 Å². The number of fused-ring (bicyclic) bond motifs is 1. The highest BCUT2D eigenvalue weighted by Crippen LogP contribution is 2.43. The monoisotopic (exact) mass is 610 g/mol. The van der Waals surface area contributed by atoms with Crippen LogP contribution in [0.25, 0.3) is 16.6 Å². The Bertz CT molecular complexity index is 1780. The van der Waals surface area contributed by atoms with Gasteiger partial charge in [0, 0.05) is 41.5 Å². The van der Waals surface area contributed by atoms with Crippen molar-refractivity contribution in [3.05, 3.63) is 76.5 Å². The lowest BCUT2D eigenvalue weighted by Crippen LogP contribution is -2.46. The van der Waals surface area contributed by atoms with E-state index in [2.05, 4.69) is 15.2 Å². The molecule has 230 valence electrons. The van der Waals surface area contributed by atoms with Crippen LogP contribution in [0.15, 0.2) is 59.7 Å². The summed E-state index contributed by atoms with van der Waals surface area (Å²) in [5, 5.41) is 9.42. The summed E-state index contributed by atoms with van der Waals surface area (Å²) in [4.78, 5) is 57.5. The fourth-order valence-corrected chi connectivity index (χ4v) is 5.49. The molecule has 0 aliphatic carbocycles. The second kappa shape index (κ2) is 11.8. The molecule has 4 aromatic rings. The molecule has 1 saturated heterocycles. The number of hydrogen-bond acceptors (Lipinski definition) is 7. The fourth-order valence-electron chi connectivity index (χ4n) is 5.49. The second-order valence-corrected chi connectivity index (χ2v) is 10.8. The van der Waals surface area contributed by atoms with Crippen molar-refractivity contribution in [3.8, 4) is 5.69 Å². The number of anilines is 2. The van der Waals surface area contributed by atoms with Crippen molar-refractivity contribution < 1.29 is 27.6 Å². The number of carbonyl (C=O) groups excluding carboxylic acids is 3. The minimum Gasteiger partial charge on any atom is -0.383 e. The third-order valence-electron chi connectivity index (χ3n) is 7.79. The molecular weight excluding hydrogens is 581 g/mol. The van der Waals surface area contributed by atoms with E-state index in [1.54, 1.807) is 52.8 Å². The maximum Gasteiger partial charge on any atom is 0.405 e. The Morgan fingerprint density at radius 1 is 1.18 bits per heavy atom. The van der Waals surface area contributed by atoms with Crippen LogP contribution in [0.4, 0.5) is 24.7 Å². The maximum atomic E-state index is 13.4. The van der Waals surface area contributed by atoms with E-state index in [1.807, 2.05) is 6.92 Å². The van der Waals surface area contributed by atoms with Crippen molar-refractivity contribution in [2.75, 3.05) is 36.8 Å². The Morgan fingerprint density at radius 2 is 1.93 bits per heavy atom. The molecule has 44 heavy (non-hydrogen) atoms. The zero-order valence-electron chi connectivity index (χ0n) is 23.6. The average molecular weight is 611 g/mol. The van der Waals surface area contributed by atoms with E-state index in [1.165, 1.54) is 16.8 Å². The van der Waals surface area contributed by atoms with Gasteiger partial charge in [-0.15, -0.1) is 0 Å². The second-order valence-electron chi connectivity index (χ2n) is 10.8. The van der Waals surface area contributed by atoms with E-state index in [0.29, 0.717) is 49.2 Å².